The molecule has 0 atom stereocenters. The van der Waals surface area contributed by atoms with Crippen LogP contribution < -0.4 is 10.1 Å². The summed E-state index contributed by atoms with van der Waals surface area (Å²) in [6.45, 7) is 4.75. The smallest absolute Gasteiger partial charge is 0.236 e. The molecule has 2 aromatic rings. The van der Waals surface area contributed by atoms with Gasteiger partial charge < -0.3 is 15.0 Å². The average molecular weight is 371 g/mol. The number of nitrogens with one attached hydrogen (secondary N) is 1. The van der Waals surface area contributed by atoms with Crippen LogP contribution in [0.25, 0.3) is 10.8 Å². The Kier molecular flexibility index (Phi) is 7.19. The maximum Gasteiger partial charge on any atom is 0.236 e. The van der Waals surface area contributed by atoms with Gasteiger partial charge in [0.25, 0.3) is 0 Å². The monoisotopic (exact) mass is 371 g/mol. The minimum absolute atomic E-state index is 0.0234. The predicted octanol–water partition coefficient (Wildman–Crippen LogP) is 2.26. The first kappa shape index (κ1) is 20.7. The van der Waals surface area contributed by atoms with Gasteiger partial charge in [-0.15, -0.1) is 0 Å². The van der Waals surface area contributed by atoms with E-state index >= 15 is 0 Å². The summed E-state index contributed by atoms with van der Waals surface area (Å²) in [7, 11) is 5.21. The Morgan fingerprint density at radius 1 is 1.04 bits per heavy atom. The summed E-state index contributed by atoms with van der Waals surface area (Å²) in [5.74, 6) is 0.727. The Morgan fingerprint density at radius 2 is 1.70 bits per heavy atom. The highest BCUT2D eigenvalue weighted by molar-refractivity contribution is 5.85. The molecule has 0 fully saturated rings. The highest BCUT2D eigenvalue weighted by Crippen LogP contribution is 2.22. The number of likely N-dealkylation sites (N-methyl/N-ethyl adjacent to an activating group) is 2. The van der Waals surface area contributed by atoms with Crippen LogP contribution in [0.3, 0.4) is 0 Å². The van der Waals surface area contributed by atoms with Gasteiger partial charge in [0, 0.05) is 19.6 Å². The lowest BCUT2D eigenvalue weighted by Gasteiger charge is -2.22. The van der Waals surface area contributed by atoms with Crippen LogP contribution in [0.1, 0.15) is 19.4 Å². The van der Waals surface area contributed by atoms with Crippen molar-refractivity contribution in [3.8, 4) is 5.75 Å². The molecule has 2 rings (SSSR count). The molecule has 27 heavy (non-hydrogen) atoms. The van der Waals surface area contributed by atoms with Gasteiger partial charge in [0.1, 0.15) is 5.75 Å². The van der Waals surface area contributed by atoms with Crippen molar-refractivity contribution in [1.82, 2.24) is 15.1 Å². The number of methoxy groups -OCH3 is 1. The van der Waals surface area contributed by atoms with Gasteiger partial charge in [-0.25, -0.2) is 0 Å². The fraction of sp³-hybridized carbons (Fsp3) is 0.429. The summed E-state index contributed by atoms with van der Waals surface area (Å²) in [4.78, 5) is 27.6. The van der Waals surface area contributed by atoms with Crippen molar-refractivity contribution in [2.45, 2.75) is 26.4 Å². The molecule has 6 heteroatoms. The van der Waals surface area contributed by atoms with E-state index in [2.05, 4.69) is 11.4 Å². The number of hydrogen-bond donors (Lipinski definition) is 1. The molecule has 0 aromatic heterocycles. The van der Waals surface area contributed by atoms with Crippen LogP contribution >= 0.6 is 0 Å². The van der Waals surface area contributed by atoms with E-state index in [1.807, 2.05) is 44.2 Å². The van der Waals surface area contributed by atoms with Crippen molar-refractivity contribution in [3.63, 3.8) is 0 Å². The van der Waals surface area contributed by atoms with Crippen molar-refractivity contribution in [2.75, 3.05) is 34.3 Å². The molecule has 0 unspecified atom stereocenters. The summed E-state index contributed by atoms with van der Waals surface area (Å²) >= 11 is 0. The lowest BCUT2D eigenvalue weighted by Crippen LogP contribution is -2.42. The lowest BCUT2D eigenvalue weighted by molar-refractivity contribution is -0.132. The van der Waals surface area contributed by atoms with E-state index in [1.54, 1.807) is 31.0 Å². The van der Waals surface area contributed by atoms with E-state index in [4.69, 9.17) is 4.74 Å². The Morgan fingerprint density at radius 3 is 2.37 bits per heavy atom. The first-order chi connectivity index (χ1) is 12.8. The zero-order chi connectivity index (χ0) is 20.0. The second-order valence-electron chi connectivity index (χ2n) is 7.19. The average Bonchev–Trinajstić information content (AvgIpc) is 2.60. The molecular formula is C21H29N3O3. The van der Waals surface area contributed by atoms with Crippen LogP contribution in [0.15, 0.2) is 36.4 Å². The van der Waals surface area contributed by atoms with Crippen LogP contribution in [0, 0.1) is 0 Å². The molecule has 0 bridgehead atoms. The molecular weight excluding hydrogens is 342 g/mol. The number of benzene rings is 2. The molecule has 0 heterocycles. The van der Waals surface area contributed by atoms with E-state index in [9.17, 15) is 9.59 Å². The SMILES string of the molecule is COc1ccc2cc(CN(C)C(=O)CN(C)CC(=O)NC(C)C)ccc2c1. The zero-order valence-corrected chi connectivity index (χ0v) is 16.8. The van der Waals surface area contributed by atoms with E-state index < -0.39 is 0 Å². The molecule has 1 N–H and O–H groups in total. The Hall–Kier alpha value is -2.60. The van der Waals surface area contributed by atoms with Crippen LogP contribution in [0.5, 0.6) is 5.75 Å². The molecule has 0 spiro atoms. The number of hydrogen-bond acceptors (Lipinski definition) is 4. The summed E-state index contributed by atoms with van der Waals surface area (Å²) in [5.41, 5.74) is 1.06. The molecule has 6 nitrogen and oxygen atoms in total. The number of carbonyl (C=O) groups excluding carboxylic acids is 2. The second kappa shape index (κ2) is 9.37. The quantitative estimate of drug-likeness (QED) is 0.773. The van der Waals surface area contributed by atoms with Crippen LogP contribution in [-0.2, 0) is 16.1 Å². The fourth-order valence-electron chi connectivity index (χ4n) is 2.88. The van der Waals surface area contributed by atoms with E-state index in [0.717, 1.165) is 22.1 Å². The number of nitrogens with zero attached hydrogens (tertiary/aromatic N) is 2. The largest absolute Gasteiger partial charge is 0.497 e. The minimum Gasteiger partial charge on any atom is -0.497 e. The number of fused-ring (bicyclic) bond motifs is 1. The maximum atomic E-state index is 12.4. The van der Waals surface area contributed by atoms with Gasteiger partial charge in [-0.1, -0.05) is 18.2 Å². The molecule has 2 amide bonds. The molecule has 0 radical (unpaired) electrons. The third-order valence-corrected chi connectivity index (χ3v) is 4.23. The highest BCUT2D eigenvalue weighted by atomic mass is 16.5. The molecule has 0 aliphatic carbocycles. The Labute approximate surface area is 161 Å². The first-order valence-corrected chi connectivity index (χ1v) is 9.07. The van der Waals surface area contributed by atoms with E-state index in [1.165, 1.54) is 0 Å². The van der Waals surface area contributed by atoms with Crippen LogP contribution in [0.2, 0.25) is 0 Å². The van der Waals surface area contributed by atoms with Crippen molar-refractivity contribution in [2.24, 2.45) is 0 Å². The predicted molar refractivity (Wildman–Crippen MR) is 108 cm³/mol. The second-order valence-corrected chi connectivity index (χ2v) is 7.19. The number of rotatable bonds is 8. The van der Waals surface area contributed by atoms with Gasteiger partial charge in [-0.3, -0.25) is 14.5 Å². The number of carbonyl (C=O) groups is 2. The van der Waals surface area contributed by atoms with Crippen molar-refractivity contribution in [3.05, 3.63) is 42.0 Å². The van der Waals surface area contributed by atoms with Crippen molar-refractivity contribution in [1.29, 1.82) is 0 Å². The maximum absolute atomic E-state index is 12.4. The molecule has 0 saturated heterocycles. The summed E-state index contributed by atoms with van der Waals surface area (Å²) in [6, 6.07) is 12.2. The van der Waals surface area contributed by atoms with Crippen molar-refractivity contribution >= 4 is 22.6 Å². The fourth-order valence-corrected chi connectivity index (χ4v) is 2.88. The lowest BCUT2D eigenvalue weighted by atomic mass is 10.1. The van der Waals surface area contributed by atoms with Gasteiger partial charge in [0.2, 0.25) is 11.8 Å². The molecule has 0 saturated carbocycles. The zero-order valence-electron chi connectivity index (χ0n) is 16.8. The third kappa shape index (κ3) is 6.25. The number of ether oxygens (including phenoxy) is 1. The molecule has 0 aliphatic rings. The minimum atomic E-state index is -0.0760. The highest BCUT2D eigenvalue weighted by Gasteiger charge is 2.15. The summed E-state index contributed by atoms with van der Waals surface area (Å²) < 4.78 is 5.25. The van der Waals surface area contributed by atoms with Gasteiger partial charge in [0.05, 0.1) is 20.2 Å². The standard InChI is InChI=1S/C21H29N3O3/c1-15(2)22-20(25)13-23(3)14-21(26)24(4)12-16-6-7-18-11-19(27-5)9-8-17(18)10-16/h6-11,15H,12-14H2,1-5H3,(H,22,25). The number of amides is 2. The first-order valence-electron chi connectivity index (χ1n) is 9.07. The molecule has 0 aliphatic heterocycles. The van der Waals surface area contributed by atoms with E-state index in [0.29, 0.717) is 6.54 Å². The van der Waals surface area contributed by atoms with Crippen LogP contribution in [-0.4, -0.2) is 62.0 Å². The van der Waals surface area contributed by atoms with Crippen molar-refractivity contribution < 1.29 is 14.3 Å². The van der Waals surface area contributed by atoms with Gasteiger partial charge >= 0.3 is 0 Å². The molecule has 2 aromatic carbocycles. The Bertz CT molecular complexity index is 804. The summed E-state index contributed by atoms with van der Waals surface area (Å²) in [5, 5.41) is 5.03. The third-order valence-electron chi connectivity index (χ3n) is 4.23. The van der Waals surface area contributed by atoms with E-state index in [-0.39, 0.29) is 30.9 Å². The molecule has 146 valence electrons. The van der Waals surface area contributed by atoms with Gasteiger partial charge in [-0.2, -0.15) is 0 Å². The topological polar surface area (TPSA) is 61.9 Å². The van der Waals surface area contributed by atoms with Crippen LogP contribution in [0.4, 0.5) is 0 Å². The summed E-state index contributed by atoms with van der Waals surface area (Å²) in [6.07, 6.45) is 0. The Balaban J connectivity index is 1.93. The van der Waals surface area contributed by atoms with Gasteiger partial charge in [0.15, 0.2) is 0 Å². The van der Waals surface area contributed by atoms with Gasteiger partial charge in [-0.05, 0) is 55.4 Å². The normalized spacial score (nSPS) is 11.1.